The van der Waals surface area contributed by atoms with Gasteiger partial charge < -0.3 is 13.7 Å². The Bertz CT molecular complexity index is 5620. The van der Waals surface area contributed by atoms with E-state index in [9.17, 15) is 0 Å². The van der Waals surface area contributed by atoms with E-state index in [0.717, 1.165) is 130 Å². The Balaban J connectivity index is 0.926. The highest BCUT2D eigenvalue weighted by Crippen LogP contribution is 2.46. The summed E-state index contributed by atoms with van der Waals surface area (Å²) < 4.78 is 7.41. The van der Waals surface area contributed by atoms with E-state index in [0.29, 0.717) is 17.5 Å². The molecule has 4 aromatic heterocycles. The topological polar surface area (TPSA) is 53.5 Å². The second-order valence-electron chi connectivity index (χ2n) is 23.9. The van der Waals surface area contributed by atoms with Crippen LogP contribution >= 0.6 is 0 Å². The maximum absolute atomic E-state index is 5.50. The van der Waals surface area contributed by atoms with Gasteiger partial charge in [0.05, 0.1) is 38.8 Å². The van der Waals surface area contributed by atoms with Gasteiger partial charge in [-0.1, -0.05) is 255 Å². The standard InChI is InChI=1S/C87H60N6/c1-58(59-25-7-2-8-26-59)53-66(61-29-11-4-12-30-61)47-52-84-88-86(65-45-43-62(44-46-65)60-27-9-3-10-28-60)90-87(89-84)67-54-75(63-31-13-5-14-32-63)85(76(55-67)64-33-15-6-16-34-64)93-82-51-49-68(91-78-39-21-17-35-70(78)71-36-18-22-40-79(71)91)56-77(82)74-50-48-69(57-83(74)93)92-80-41-23-19-37-72(80)73-38-20-24-42-81(73)92/h2-5,7-15,17-57H,1,6,16H2/b52-47+,66-53+. The Morgan fingerprint density at radius 2 is 0.828 bits per heavy atom. The Morgan fingerprint density at radius 3 is 1.42 bits per heavy atom. The first-order chi connectivity index (χ1) is 46.0. The molecule has 0 radical (unpaired) electrons. The van der Waals surface area contributed by atoms with Gasteiger partial charge in [0.2, 0.25) is 0 Å². The molecule has 0 bridgehead atoms. The normalized spacial score (nSPS) is 12.7. The molecule has 0 amide bonds. The van der Waals surface area contributed by atoms with Gasteiger partial charge in [-0.25, -0.2) is 15.0 Å². The molecule has 6 nitrogen and oxygen atoms in total. The van der Waals surface area contributed by atoms with E-state index in [2.05, 4.69) is 312 Å². The molecule has 16 aromatic rings. The summed E-state index contributed by atoms with van der Waals surface area (Å²) in [5.74, 6) is 1.65. The first-order valence-electron chi connectivity index (χ1n) is 31.8. The zero-order valence-electron chi connectivity index (χ0n) is 51.0. The molecule has 12 aromatic carbocycles. The van der Waals surface area contributed by atoms with Crippen LogP contribution in [-0.2, 0) is 0 Å². The lowest BCUT2D eigenvalue weighted by Crippen LogP contribution is -2.06. The lowest BCUT2D eigenvalue weighted by Gasteiger charge is -2.22. The third-order valence-electron chi connectivity index (χ3n) is 18.3. The third-order valence-corrected chi connectivity index (χ3v) is 18.3. The van der Waals surface area contributed by atoms with Crippen LogP contribution in [-0.4, -0.2) is 28.7 Å². The summed E-state index contributed by atoms with van der Waals surface area (Å²) in [6.07, 6.45) is 15.1. The van der Waals surface area contributed by atoms with E-state index in [1.807, 2.05) is 36.4 Å². The SMILES string of the molecule is C=C(/C=C(\C=C\c1nc(-c2ccc(-c3ccccc3)cc2)nc(-c2cc(C3=CCCC=C3)c(-n3c4ccc(-n5c6ccccc6c6ccccc65)cc4c4ccc(-n5c6ccccc6c6ccccc65)cc43)c(-c3ccccc3)c2)n1)c1ccccc1)c1ccccc1. The van der Waals surface area contributed by atoms with Gasteiger partial charge in [-0.2, -0.15) is 0 Å². The maximum Gasteiger partial charge on any atom is 0.164 e. The molecule has 6 heteroatoms. The van der Waals surface area contributed by atoms with Crippen molar-refractivity contribution in [3.05, 3.63) is 351 Å². The molecule has 1 aliphatic carbocycles. The number of hydrogen-bond donors (Lipinski definition) is 0. The molecule has 0 fully saturated rings. The van der Waals surface area contributed by atoms with Crippen molar-refractivity contribution in [1.82, 2.24) is 28.7 Å². The van der Waals surface area contributed by atoms with Gasteiger partial charge in [-0.3, -0.25) is 0 Å². The molecule has 0 N–H and O–H groups in total. The molecule has 93 heavy (non-hydrogen) atoms. The molecule has 0 aliphatic heterocycles. The van der Waals surface area contributed by atoms with Gasteiger partial charge in [0, 0.05) is 65.9 Å². The maximum atomic E-state index is 5.50. The molecule has 0 atom stereocenters. The van der Waals surface area contributed by atoms with Crippen molar-refractivity contribution in [1.29, 1.82) is 0 Å². The van der Waals surface area contributed by atoms with Crippen molar-refractivity contribution in [2.45, 2.75) is 12.8 Å². The zero-order valence-corrected chi connectivity index (χ0v) is 51.0. The van der Waals surface area contributed by atoms with Crippen molar-refractivity contribution in [2.75, 3.05) is 0 Å². The number of para-hydroxylation sites is 4. The number of rotatable bonds is 13. The first-order valence-corrected chi connectivity index (χ1v) is 31.8. The van der Waals surface area contributed by atoms with E-state index < -0.39 is 0 Å². The number of benzene rings is 12. The fraction of sp³-hybridized carbons (Fsp3) is 0.0230. The van der Waals surface area contributed by atoms with Crippen LogP contribution in [0, 0.1) is 0 Å². The van der Waals surface area contributed by atoms with Crippen molar-refractivity contribution in [2.24, 2.45) is 0 Å². The Morgan fingerprint density at radius 1 is 0.355 bits per heavy atom. The van der Waals surface area contributed by atoms with Gasteiger partial charge >= 0.3 is 0 Å². The molecular formula is C87H60N6. The second-order valence-corrected chi connectivity index (χ2v) is 23.9. The third kappa shape index (κ3) is 9.89. The minimum Gasteiger partial charge on any atom is -0.309 e. The molecule has 0 saturated heterocycles. The molecule has 4 heterocycles. The summed E-state index contributed by atoms with van der Waals surface area (Å²) in [5.41, 5.74) is 22.3. The van der Waals surface area contributed by atoms with Crippen molar-refractivity contribution in [3.63, 3.8) is 0 Å². The van der Waals surface area contributed by atoms with Crippen LogP contribution in [0.2, 0.25) is 0 Å². The molecule has 0 saturated carbocycles. The van der Waals surface area contributed by atoms with E-state index >= 15 is 0 Å². The van der Waals surface area contributed by atoms with Crippen LogP contribution in [0.25, 0.3) is 150 Å². The summed E-state index contributed by atoms with van der Waals surface area (Å²) in [6.45, 7) is 4.53. The zero-order chi connectivity index (χ0) is 61.8. The molecule has 438 valence electrons. The molecule has 0 unspecified atom stereocenters. The highest BCUT2D eigenvalue weighted by Gasteiger charge is 2.26. The Kier molecular flexibility index (Phi) is 13.7. The van der Waals surface area contributed by atoms with Crippen LogP contribution in [0.3, 0.4) is 0 Å². The predicted molar refractivity (Wildman–Crippen MR) is 390 cm³/mol. The first kappa shape index (κ1) is 54.9. The average Bonchev–Trinajstić information content (AvgIpc) is 1.60. The summed E-state index contributed by atoms with van der Waals surface area (Å²) in [6, 6.07) is 104. The highest BCUT2D eigenvalue weighted by atomic mass is 15.0. The number of allylic oxidation sites excluding steroid dienone is 8. The van der Waals surface area contributed by atoms with E-state index in [1.165, 1.54) is 32.6 Å². The van der Waals surface area contributed by atoms with Crippen LogP contribution in [0.5, 0.6) is 0 Å². The van der Waals surface area contributed by atoms with Gasteiger partial charge in [0.1, 0.15) is 0 Å². The fourth-order valence-electron chi connectivity index (χ4n) is 13.9. The lowest BCUT2D eigenvalue weighted by molar-refractivity contribution is 1.04. The van der Waals surface area contributed by atoms with Crippen LogP contribution < -0.4 is 0 Å². The second kappa shape index (κ2) is 23.3. The van der Waals surface area contributed by atoms with Crippen molar-refractivity contribution >= 4 is 88.2 Å². The molecule has 1 aliphatic rings. The summed E-state index contributed by atoms with van der Waals surface area (Å²) in [7, 11) is 0. The van der Waals surface area contributed by atoms with Gasteiger partial charge in [-0.15, -0.1) is 0 Å². The quantitative estimate of drug-likeness (QED) is 0.108. The average molecular weight is 1190 g/mol. The summed E-state index contributed by atoms with van der Waals surface area (Å²) >= 11 is 0. The van der Waals surface area contributed by atoms with Gasteiger partial charge in [0.25, 0.3) is 0 Å². The minimum atomic E-state index is 0.525. The molecular weight excluding hydrogens is 1130 g/mol. The van der Waals surface area contributed by atoms with E-state index in [4.69, 9.17) is 15.0 Å². The monoisotopic (exact) mass is 1190 g/mol. The summed E-state index contributed by atoms with van der Waals surface area (Å²) in [5, 5.41) is 7.19. The molecule has 0 spiro atoms. The number of aromatic nitrogens is 6. The van der Waals surface area contributed by atoms with Gasteiger partial charge in [-0.05, 0) is 136 Å². The largest absolute Gasteiger partial charge is 0.309 e. The van der Waals surface area contributed by atoms with Crippen LogP contribution in [0.4, 0.5) is 0 Å². The van der Waals surface area contributed by atoms with Gasteiger partial charge in [0.15, 0.2) is 17.5 Å². The smallest absolute Gasteiger partial charge is 0.164 e. The van der Waals surface area contributed by atoms with Crippen molar-refractivity contribution in [3.8, 4) is 62.1 Å². The Labute approximate surface area is 539 Å². The van der Waals surface area contributed by atoms with E-state index in [-0.39, 0.29) is 0 Å². The Hall–Kier alpha value is -12.3. The minimum absolute atomic E-state index is 0.525. The van der Waals surface area contributed by atoms with Crippen LogP contribution in [0.15, 0.2) is 328 Å². The number of fused-ring (bicyclic) bond motifs is 9. The lowest BCUT2D eigenvalue weighted by atomic mass is 9.90. The predicted octanol–water partition coefficient (Wildman–Crippen LogP) is 22.4. The number of hydrogen-bond acceptors (Lipinski definition) is 3. The fourth-order valence-corrected chi connectivity index (χ4v) is 13.9. The summed E-state index contributed by atoms with van der Waals surface area (Å²) in [4.78, 5) is 16.3. The van der Waals surface area contributed by atoms with Crippen LogP contribution in [0.1, 0.15) is 35.4 Å². The number of nitrogens with zero attached hydrogens (tertiary/aromatic N) is 6. The highest BCUT2D eigenvalue weighted by molar-refractivity contribution is 6.15. The molecule has 17 rings (SSSR count). The van der Waals surface area contributed by atoms with Crippen molar-refractivity contribution < 1.29 is 0 Å². The van der Waals surface area contributed by atoms with E-state index in [1.54, 1.807) is 0 Å².